The number of carbonyl (C=O) groups excluding carboxylic acids is 1. The molecule has 1 N–H and O–H groups in total. The Morgan fingerprint density at radius 2 is 1.93 bits per heavy atom. The van der Waals surface area contributed by atoms with Crippen LogP contribution in [0.25, 0.3) is 0 Å². The van der Waals surface area contributed by atoms with E-state index in [0.717, 1.165) is 24.2 Å². The zero-order chi connectivity index (χ0) is 19.2. The molecule has 1 saturated heterocycles. The third kappa shape index (κ3) is 5.94. The van der Waals surface area contributed by atoms with Gasteiger partial charge in [0.05, 0.1) is 29.2 Å². The van der Waals surface area contributed by atoms with Crippen LogP contribution in [0.1, 0.15) is 18.1 Å². The normalized spacial score (nSPS) is 20.4. The highest BCUT2D eigenvalue weighted by molar-refractivity contribution is 6.42. The minimum Gasteiger partial charge on any atom is -0.373 e. The molecule has 0 bridgehead atoms. The second kappa shape index (κ2) is 9.56. The first-order valence-corrected chi connectivity index (χ1v) is 9.87. The number of carbonyl (C=O) groups is 1. The van der Waals surface area contributed by atoms with Crippen LogP contribution < -0.4 is 5.32 Å². The van der Waals surface area contributed by atoms with Gasteiger partial charge in [-0.2, -0.15) is 0 Å². The lowest BCUT2D eigenvalue weighted by atomic mass is 10.1. The smallest absolute Gasteiger partial charge is 0.224 e. The first-order valence-electron chi connectivity index (χ1n) is 9.11. The fourth-order valence-electron chi connectivity index (χ4n) is 3.16. The molecule has 2 unspecified atom stereocenters. The summed E-state index contributed by atoms with van der Waals surface area (Å²) in [5.41, 5.74) is 2.12. The van der Waals surface area contributed by atoms with Gasteiger partial charge < -0.3 is 10.1 Å². The topological polar surface area (TPSA) is 41.6 Å². The SMILES string of the molecule is CC1COC(CNC(=O)Cc2ccccc2)CN1Cc1ccc(Cl)c(Cl)c1. The molecule has 6 heteroatoms. The molecule has 2 aromatic rings. The highest BCUT2D eigenvalue weighted by Crippen LogP contribution is 2.24. The van der Waals surface area contributed by atoms with Crippen molar-refractivity contribution in [2.24, 2.45) is 0 Å². The van der Waals surface area contributed by atoms with Gasteiger partial charge in [-0.1, -0.05) is 59.6 Å². The Labute approximate surface area is 170 Å². The standard InChI is InChI=1S/C21H24Cl2N2O2/c1-15-14-27-18(11-24-21(26)10-16-5-3-2-4-6-16)13-25(15)12-17-7-8-19(22)20(23)9-17/h2-9,15,18H,10-14H2,1H3,(H,24,26). The Bertz CT molecular complexity index is 770. The summed E-state index contributed by atoms with van der Waals surface area (Å²) in [4.78, 5) is 14.5. The molecule has 1 aliphatic heterocycles. The predicted octanol–water partition coefficient (Wildman–Crippen LogP) is 3.94. The van der Waals surface area contributed by atoms with Crippen molar-refractivity contribution >= 4 is 29.1 Å². The van der Waals surface area contributed by atoms with Gasteiger partial charge in [0, 0.05) is 25.7 Å². The summed E-state index contributed by atoms with van der Waals surface area (Å²) >= 11 is 12.1. The zero-order valence-corrected chi connectivity index (χ0v) is 16.8. The lowest BCUT2D eigenvalue weighted by Crippen LogP contribution is -2.51. The van der Waals surface area contributed by atoms with Crippen LogP contribution >= 0.6 is 23.2 Å². The lowest BCUT2D eigenvalue weighted by molar-refractivity contribution is -0.122. The molecule has 0 spiro atoms. The van der Waals surface area contributed by atoms with Gasteiger partial charge in [0.25, 0.3) is 0 Å². The highest BCUT2D eigenvalue weighted by atomic mass is 35.5. The van der Waals surface area contributed by atoms with Crippen LogP contribution in [0.4, 0.5) is 0 Å². The third-order valence-electron chi connectivity index (χ3n) is 4.74. The quantitative estimate of drug-likeness (QED) is 0.789. The number of nitrogens with zero attached hydrogens (tertiary/aromatic N) is 1. The van der Waals surface area contributed by atoms with Crippen molar-refractivity contribution in [3.8, 4) is 0 Å². The molecule has 3 rings (SSSR count). The highest BCUT2D eigenvalue weighted by Gasteiger charge is 2.26. The van der Waals surface area contributed by atoms with Gasteiger partial charge in [0.2, 0.25) is 5.91 Å². The van der Waals surface area contributed by atoms with E-state index in [1.165, 1.54) is 0 Å². The maximum atomic E-state index is 12.2. The van der Waals surface area contributed by atoms with E-state index in [1.54, 1.807) is 0 Å². The van der Waals surface area contributed by atoms with Crippen molar-refractivity contribution in [2.75, 3.05) is 19.7 Å². The molecule has 144 valence electrons. The first-order chi connectivity index (χ1) is 13.0. The van der Waals surface area contributed by atoms with Gasteiger partial charge in [-0.25, -0.2) is 0 Å². The van der Waals surface area contributed by atoms with Crippen LogP contribution in [-0.4, -0.2) is 42.6 Å². The summed E-state index contributed by atoms with van der Waals surface area (Å²) in [5, 5.41) is 4.12. The van der Waals surface area contributed by atoms with Crippen molar-refractivity contribution in [1.82, 2.24) is 10.2 Å². The van der Waals surface area contributed by atoms with Gasteiger partial charge in [-0.15, -0.1) is 0 Å². The largest absolute Gasteiger partial charge is 0.373 e. The number of benzene rings is 2. The maximum Gasteiger partial charge on any atom is 0.224 e. The molecular weight excluding hydrogens is 383 g/mol. The number of amides is 1. The average molecular weight is 407 g/mol. The molecule has 27 heavy (non-hydrogen) atoms. The summed E-state index contributed by atoms with van der Waals surface area (Å²) in [6.45, 7) is 4.82. The van der Waals surface area contributed by atoms with Gasteiger partial charge in [-0.05, 0) is 30.2 Å². The molecule has 1 fully saturated rings. The molecule has 1 aliphatic rings. The molecule has 1 heterocycles. The van der Waals surface area contributed by atoms with Gasteiger partial charge in [-0.3, -0.25) is 9.69 Å². The fraction of sp³-hybridized carbons (Fsp3) is 0.381. The van der Waals surface area contributed by atoms with Crippen LogP contribution in [0.3, 0.4) is 0 Å². The lowest BCUT2D eigenvalue weighted by Gasteiger charge is -2.38. The summed E-state index contributed by atoms with van der Waals surface area (Å²) in [6, 6.07) is 15.8. The second-order valence-electron chi connectivity index (χ2n) is 6.95. The number of halogens is 2. The summed E-state index contributed by atoms with van der Waals surface area (Å²) in [7, 11) is 0. The number of hydrogen-bond donors (Lipinski definition) is 1. The average Bonchev–Trinajstić information content (AvgIpc) is 2.66. The van der Waals surface area contributed by atoms with Crippen molar-refractivity contribution < 1.29 is 9.53 Å². The molecule has 2 aromatic carbocycles. The van der Waals surface area contributed by atoms with Crippen molar-refractivity contribution in [3.63, 3.8) is 0 Å². The van der Waals surface area contributed by atoms with E-state index in [9.17, 15) is 4.79 Å². The Hall–Kier alpha value is -1.59. The number of nitrogens with one attached hydrogen (secondary N) is 1. The Morgan fingerprint density at radius 3 is 2.67 bits per heavy atom. The fourth-order valence-corrected chi connectivity index (χ4v) is 3.48. The molecule has 0 aromatic heterocycles. The van der Waals surface area contributed by atoms with E-state index in [2.05, 4.69) is 17.1 Å². The second-order valence-corrected chi connectivity index (χ2v) is 7.76. The molecule has 0 aliphatic carbocycles. The number of ether oxygens (including phenoxy) is 1. The van der Waals surface area contributed by atoms with Crippen molar-refractivity contribution in [2.45, 2.75) is 32.0 Å². The Morgan fingerprint density at radius 1 is 1.15 bits per heavy atom. The van der Waals surface area contributed by atoms with E-state index in [1.807, 2.05) is 48.5 Å². The molecule has 0 radical (unpaired) electrons. The van der Waals surface area contributed by atoms with E-state index < -0.39 is 0 Å². The van der Waals surface area contributed by atoms with Gasteiger partial charge in [0.1, 0.15) is 0 Å². The van der Waals surface area contributed by atoms with Crippen LogP contribution in [0.15, 0.2) is 48.5 Å². The number of morpholine rings is 1. The van der Waals surface area contributed by atoms with Crippen LogP contribution in [0, 0.1) is 0 Å². The third-order valence-corrected chi connectivity index (χ3v) is 5.48. The van der Waals surface area contributed by atoms with E-state index >= 15 is 0 Å². The maximum absolute atomic E-state index is 12.2. The molecular formula is C21H24Cl2N2O2. The predicted molar refractivity (Wildman–Crippen MR) is 109 cm³/mol. The number of hydrogen-bond acceptors (Lipinski definition) is 3. The molecule has 2 atom stereocenters. The summed E-state index contributed by atoms with van der Waals surface area (Å²) in [5.74, 6) is 0.0134. The number of rotatable bonds is 6. The summed E-state index contributed by atoms with van der Waals surface area (Å²) < 4.78 is 5.90. The van der Waals surface area contributed by atoms with Gasteiger partial charge in [0.15, 0.2) is 0 Å². The van der Waals surface area contributed by atoms with E-state index in [0.29, 0.717) is 35.7 Å². The van der Waals surface area contributed by atoms with Crippen LogP contribution in [0.5, 0.6) is 0 Å². The van der Waals surface area contributed by atoms with E-state index in [-0.39, 0.29) is 12.0 Å². The van der Waals surface area contributed by atoms with Crippen LogP contribution in [-0.2, 0) is 22.5 Å². The first kappa shape index (κ1) is 20.2. The minimum absolute atomic E-state index is 0.0134. The van der Waals surface area contributed by atoms with Gasteiger partial charge >= 0.3 is 0 Å². The Kier molecular flexibility index (Phi) is 7.13. The van der Waals surface area contributed by atoms with Crippen molar-refractivity contribution in [3.05, 3.63) is 69.7 Å². The van der Waals surface area contributed by atoms with E-state index in [4.69, 9.17) is 27.9 Å². The zero-order valence-electron chi connectivity index (χ0n) is 15.3. The minimum atomic E-state index is -0.0244. The van der Waals surface area contributed by atoms with Crippen molar-refractivity contribution in [1.29, 1.82) is 0 Å². The van der Waals surface area contributed by atoms with Crippen LogP contribution in [0.2, 0.25) is 10.0 Å². The monoisotopic (exact) mass is 406 g/mol. The summed E-state index contributed by atoms with van der Waals surface area (Å²) in [6.07, 6.45) is 0.362. The molecule has 0 saturated carbocycles. The molecule has 4 nitrogen and oxygen atoms in total. The Balaban J connectivity index is 1.50. The molecule has 1 amide bonds.